The van der Waals surface area contributed by atoms with E-state index in [0.29, 0.717) is 5.69 Å². The van der Waals surface area contributed by atoms with Crippen molar-refractivity contribution < 1.29 is 0 Å². The average Bonchev–Trinajstić information content (AvgIpc) is 2.95. The van der Waals surface area contributed by atoms with Crippen molar-refractivity contribution in [3.63, 3.8) is 0 Å². The number of aromatic nitrogens is 3. The third-order valence-electron chi connectivity index (χ3n) is 3.29. The number of hydrogen-bond donors (Lipinski definition) is 2. The van der Waals surface area contributed by atoms with Gasteiger partial charge < -0.3 is 15.6 Å². The summed E-state index contributed by atoms with van der Waals surface area (Å²) in [6.07, 6.45) is 7.23. The first-order valence-electron chi connectivity index (χ1n) is 6.69. The molecule has 0 saturated heterocycles. The van der Waals surface area contributed by atoms with Crippen molar-refractivity contribution in [1.29, 1.82) is 0 Å². The summed E-state index contributed by atoms with van der Waals surface area (Å²) in [4.78, 5) is 8.42. The summed E-state index contributed by atoms with van der Waals surface area (Å²) < 4.78 is 3.04. The molecule has 1 aromatic carbocycles. The minimum Gasteiger partial charge on any atom is -0.396 e. The van der Waals surface area contributed by atoms with Gasteiger partial charge in [-0.3, -0.25) is 4.98 Å². The molecule has 0 aliphatic heterocycles. The summed E-state index contributed by atoms with van der Waals surface area (Å²) in [5, 5.41) is 4.50. The molecule has 2 aromatic heterocycles. The van der Waals surface area contributed by atoms with Crippen LogP contribution in [0, 0.1) is 0 Å². The van der Waals surface area contributed by atoms with Gasteiger partial charge in [0.15, 0.2) is 0 Å². The molecule has 0 bridgehead atoms. The molecule has 1 atom stereocenters. The Balaban J connectivity index is 1.92. The Morgan fingerprint density at radius 3 is 3.05 bits per heavy atom. The van der Waals surface area contributed by atoms with Crippen molar-refractivity contribution in [3.05, 3.63) is 47.6 Å². The summed E-state index contributed by atoms with van der Waals surface area (Å²) in [6, 6.07) is 6.20. The Bertz CT molecular complexity index is 749. The standard InChI is InChI=1S/C15H16BrN5/c1-10(8-21-5-4-18-9-21)20-15-12-6-11(16)2-3-14(12)19-7-13(15)17/h2-7,9-10H,8,17H2,1H3,(H,19,20). The number of halogens is 1. The topological polar surface area (TPSA) is 68.8 Å². The van der Waals surface area contributed by atoms with Gasteiger partial charge in [-0.2, -0.15) is 0 Å². The van der Waals surface area contributed by atoms with E-state index >= 15 is 0 Å². The number of nitrogens with zero attached hydrogens (tertiary/aromatic N) is 3. The fraction of sp³-hybridized carbons (Fsp3) is 0.200. The second kappa shape index (κ2) is 5.73. The molecule has 1 unspecified atom stereocenters. The van der Waals surface area contributed by atoms with Gasteiger partial charge >= 0.3 is 0 Å². The van der Waals surface area contributed by atoms with E-state index in [2.05, 4.69) is 38.1 Å². The summed E-state index contributed by atoms with van der Waals surface area (Å²) in [7, 11) is 0. The smallest absolute Gasteiger partial charge is 0.0946 e. The lowest BCUT2D eigenvalue weighted by Gasteiger charge is -2.19. The lowest BCUT2D eigenvalue weighted by atomic mass is 10.1. The quantitative estimate of drug-likeness (QED) is 0.761. The first-order valence-corrected chi connectivity index (χ1v) is 7.49. The second-order valence-corrected chi connectivity index (χ2v) is 5.97. The molecule has 2 heterocycles. The molecular weight excluding hydrogens is 330 g/mol. The summed E-state index contributed by atoms with van der Waals surface area (Å²) >= 11 is 3.50. The first kappa shape index (κ1) is 13.9. The van der Waals surface area contributed by atoms with Crippen LogP contribution in [0.4, 0.5) is 11.4 Å². The van der Waals surface area contributed by atoms with Gasteiger partial charge in [-0.25, -0.2) is 4.98 Å². The maximum absolute atomic E-state index is 6.10. The third kappa shape index (κ3) is 3.00. The van der Waals surface area contributed by atoms with E-state index in [4.69, 9.17) is 5.73 Å². The maximum atomic E-state index is 6.10. The Labute approximate surface area is 131 Å². The van der Waals surface area contributed by atoms with Crippen LogP contribution in [0.1, 0.15) is 6.92 Å². The highest BCUT2D eigenvalue weighted by molar-refractivity contribution is 9.10. The van der Waals surface area contributed by atoms with Gasteiger partial charge in [0, 0.05) is 34.8 Å². The summed E-state index contributed by atoms with van der Waals surface area (Å²) in [6.45, 7) is 2.93. The van der Waals surface area contributed by atoms with Crippen molar-refractivity contribution in [2.75, 3.05) is 11.1 Å². The highest BCUT2D eigenvalue weighted by atomic mass is 79.9. The van der Waals surface area contributed by atoms with E-state index in [9.17, 15) is 0 Å². The molecule has 3 rings (SSSR count). The lowest BCUT2D eigenvalue weighted by molar-refractivity contribution is 0.619. The van der Waals surface area contributed by atoms with Crippen LogP contribution in [0.5, 0.6) is 0 Å². The number of imidazole rings is 1. The Morgan fingerprint density at radius 1 is 1.43 bits per heavy atom. The number of hydrogen-bond acceptors (Lipinski definition) is 4. The molecule has 3 N–H and O–H groups in total. The highest BCUT2D eigenvalue weighted by Crippen LogP contribution is 2.30. The number of nitrogens with two attached hydrogens (primary N) is 1. The van der Waals surface area contributed by atoms with E-state index < -0.39 is 0 Å². The molecule has 0 amide bonds. The molecule has 0 aliphatic rings. The SMILES string of the molecule is CC(Cn1ccnc1)Nc1c(N)cnc2ccc(Br)cc12. The number of nitrogens with one attached hydrogen (secondary N) is 1. The molecule has 108 valence electrons. The van der Waals surface area contributed by atoms with Crippen LogP contribution in [0.25, 0.3) is 10.9 Å². The fourth-order valence-electron chi connectivity index (χ4n) is 2.34. The van der Waals surface area contributed by atoms with Gasteiger partial charge in [-0.1, -0.05) is 15.9 Å². The third-order valence-corrected chi connectivity index (χ3v) is 3.79. The van der Waals surface area contributed by atoms with Gasteiger partial charge in [0.05, 0.1) is 29.4 Å². The minimum absolute atomic E-state index is 0.214. The molecule has 0 aliphatic carbocycles. The van der Waals surface area contributed by atoms with Gasteiger partial charge in [0.2, 0.25) is 0 Å². The average molecular weight is 346 g/mol. The van der Waals surface area contributed by atoms with Crippen molar-refractivity contribution >= 4 is 38.2 Å². The van der Waals surface area contributed by atoms with Gasteiger partial charge in [0.25, 0.3) is 0 Å². The zero-order valence-electron chi connectivity index (χ0n) is 11.6. The Hall–Kier alpha value is -2.08. The second-order valence-electron chi connectivity index (χ2n) is 5.05. The zero-order chi connectivity index (χ0) is 14.8. The van der Waals surface area contributed by atoms with Crippen LogP contribution in [0.3, 0.4) is 0 Å². The van der Waals surface area contributed by atoms with Crippen molar-refractivity contribution in [3.8, 4) is 0 Å². The van der Waals surface area contributed by atoms with Crippen molar-refractivity contribution in [1.82, 2.24) is 14.5 Å². The molecule has 0 saturated carbocycles. The maximum Gasteiger partial charge on any atom is 0.0946 e. The number of benzene rings is 1. The normalized spacial score (nSPS) is 12.5. The summed E-state index contributed by atoms with van der Waals surface area (Å²) in [5.74, 6) is 0. The lowest BCUT2D eigenvalue weighted by Crippen LogP contribution is -2.22. The number of pyridine rings is 1. The van der Waals surface area contributed by atoms with E-state index in [1.54, 1.807) is 12.4 Å². The molecule has 0 fully saturated rings. The largest absolute Gasteiger partial charge is 0.396 e. The van der Waals surface area contributed by atoms with Crippen LogP contribution in [-0.2, 0) is 6.54 Å². The monoisotopic (exact) mass is 345 g/mol. The molecule has 0 spiro atoms. The molecule has 21 heavy (non-hydrogen) atoms. The highest BCUT2D eigenvalue weighted by Gasteiger charge is 2.10. The molecule has 5 nitrogen and oxygen atoms in total. The zero-order valence-corrected chi connectivity index (χ0v) is 13.2. The number of nitrogen functional groups attached to an aromatic ring is 1. The number of fused-ring (bicyclic) bond motifs is 1. The first-order chi connectivity index (χ1) is 10.1. The van der Waals surface area contributed by atoms with Crippen LogP contribution in [-0.4, -0.2) is 20.6 Å². The predicted molar refractivity (Wildman–Crippen MR) is 89.2 cm³/mol. The molecule has 0 radical (unpaired) electrons. The van der Waals surface area contributed by atoms with Crippen LogP contribution in [0.2, 0.25) is 0 Å². The van der Waals surface area contributed by atoms with E-state index in [-0.39, 0.29) is 6.04 Å². The van der Waals surface area contributed by atoms with Gasteiger partial charge in [0.1, 0.15) is 0 Å². The van der Waals surface area contributed by atoms with E-state index in [0.717, 1.165) is 27.6 Å². The summed E-state index contributed by atoms with van der Waals surface area (Å²) in [5.41, 5.74) is 8.60. The Morgan fingerprint density at radius 2 is 2.29 bits per heavy atom. The fourth-order valence-corrected chi connectivity index (χ4v) is 2.71. The van der Waals surface area contributed by atoms with Crippen LogP contribution >= 0.6 is 15.9 Å². The molecular formula is C15H16BrN5. The van der Waals surface area contributed by atoms with Crippen LogP contribution < -0.4 is 11.1 Å². The van der Waals surface area contributed by atoms with E-state index in [1.165, 1.54) is 0 Å². The van der Waals surface area contributed by atoms with Crippen molar-refractivity contribution in [2.24, 2.45) is 0 Å². The Kier molecular flexibility index (Phi) is 3.79. The predicted octanol–water partition coefficient (Wildman–Crippen LogP) is 3.28. The van der Waals surface area contributed by atoms with E-state index in [1.807, 2.05) is 35.3 Å². The molecule has 6 heteroatoms. The minimum atomic E-state index is 0.214. The molecule has 3 aromatic rings. The van der Waals surface area contributed by atoms with Crippen LogP contribution in [0.15, 0.2) is 47.6 Å². The van der Waals surface area contributed by atoms with Gasteiger partial charge in [-0.15, -0.1) is 0 Å². The van der Waals surface area contributed by atoms with Crippen molar-refractivity contribution in [2.45, 2.75) is 19.5 Å². The van der Waals surface area contributed by atoms with Gasteiger partial charge in [-0.05, 0) is 25.1 Å². The number of rotatable bonds is 4. The number of anilines is 2.